The molecule has 23 heavy (non-hydrogen) atoms. The van der Waals surface area contributed by atoms with Crippen LogP contribution in [0, 0.1) is 0 Å². The second-order valence-electron chi connectivity index (χ2n) is 6.24. The van der Waals surface area contributed by atoms with Gasteiger partial charge in [0, 0.05) is 5.92 Å². The maximum Gasteiger partial charge on any atom is 0.0279 e. The first-order chi connectivity index (χ1) is 11.4. The van der Waals surface area contributed by atoms with Crippen LogP contribution >= 0.6 is 0 Å². The van der Waals surface area contributed by atoms with E-state index in [1.54, 1.807) is 0 Å². The Morgan fingerprint density at radius 1 is 0.609 bits per heavy atom. The van der Waals surface area contributed by atoms with E-state index in [0.717, 1.165) is 0 Å². The molecule has 1 atom stereocenters. The van der Waals surface area contributed by atoms with E-state index in [2.05, 4.69) is 91.0 Å². The number of benzene rings is 4. The highest BCUT2D eigenvalue weighted by Crippen LogP contribution is 2.38. The molecule has 0 N–H and O–H groups in total. The number of allylic oxidation sites excluding steroid dienone is 1. The summed E-state index contributed by atoms with van der Waals surface area (Å²) in [7, 11) is 0. The lowest BCUT2D eigenvalue weighted by Gasteiger charge is -2.22. The molecule has 0 radical (unpaired) electrons. The van der Waals surface area contributed by atoms with Gasteiger partial charge in [-0.15, -0.1) is 0 Å². The van der Waals surface area contributed by atoms with Crippen LogP contribution in [0.3, 0.4) is 0 Å². The molecule has 5 rings (SSSR count). The predicted molar refractivity (Wildman–Crippen MR) is 98.8 cm³/mol. The van der Waals surface area contributed by atoms with Gasteiger partial charge in [0.25, 0.3) is 0 Å². The predicted octanol–water partition coefficient (Wildman–Crippen LogP) is 6.15. The van der Waals surface area contributed by atoms with Crippen molar-refractivity contribution in [3.05, 3.63) is 102 Å². The topological polar surface area (TPSA) is 0 Å². The minimum absolute atomic E-state index is 0.332. The van der Waals surface area contributed by atoms with Crippen molar-refractivity contribution in [3.8, 4) is 0 Å². The summed E-state index contributed by atoms with van der Waals surface area (Å²) < 4.78 is 0. The van der Waals surface area contributed by atoms with Gasteiger partial charge in [0.2, 0.25) is 0 Å². The Bertz CT molecular complexity index is 1060. The van der Waals surface area contributed by atoms with Crippen molar-refractivity contribution in [3.63, 3.8) is 0 Å². The average Bonchev–Trinajstić information content (AvgIpc) is 2.62. The molecule has 0 heterocycles. The molecule has 1 aliphatic rings. The van der Waals surface area contributed by atoms with Gasteiger partial charge in [-0.1, -0.05) is 91.0 Å². The van der Waals surface area contributed by atoms with E-state index in [0.29, 0.717) is 5.92 Å². The molecule has 0 saturated heterocycles. The molecule has 0 bridgehead atoms. The van der Waals surface area contributed by atoms with Crippen molar-refractivity contribution < 1.29 is 0 Å². The van der Waals surface area contributed by atoms with Gasteiger partial charge in [-0.2, -0.15) is 0 Å². The molecule has 0 amide bonds. The first kappa shape index (κ1) is 12.7. The molecule has 0 aliphatic heterocycles. The third-order valence-electron chi connectivity index (χ3n) is 4.91. The summed E-state index contributed by atoms with van der Waals surface area (Å²) in [5.74, 6) is 0.332. The monoisotopic (exact) mass is 292 g/mol. The standard InChI is InChI=1S/C23H16/c1-2-6-19-15-20(12-11-16(19)5-1)21-14-13-18-8-3-7-17-9-4-10-22(21)23(17)18/h1-15,21H. The van der Waals surface area contributed by atoms with Crippen LogP contribution in [0.1, 0.15) is 22.6 Å². The number of hydrogen-bond donors (Lipinski definition) is 0. The van der Waals surface area contributed by atoms with Crippen molar-refractivity contribution in [2.45, 2.75) is 5.92 Å². The summed E-state index contributed by atoms with van der Waals surface area (Å²) in [4.78, 5) is 0. The van der Waals surface area contributed by atoms with Crippen molar-refractivity contribution in [2.24, 2.45) is 0 Å². The smallest absolute Gasteiger partial charge is 0.0279 e. The van der Waals surface area contributed by atoms with Crippen LogP contribution < -0.4 is 0 Å². The van der Waals surface area contributed by atoms with Crippen LogP contribution in [0.4, 0.5) is 0 Å². The van der Waals surface area contributed by atoms with E-state index in [-0.39, 0.29) is 0 Å². The Hall–Kier alpha value is -2.86. The van der Waals surface area contributed by atoms with Gasteiger partial charge in [-0.25, -0.2) is 0 Å². The fourth-order valence-corrected chi connectivity index (χ4v) is 3.79. The molecule has 0 aromatic heterocycles. The summed E-state index contributed by atoms with van der Waals surface area (Å²) in [6.45, 7) is 0. The molecule has 4 aromatic rings. The van der Waals surface area contributed by atoms with E-state index >= 15 is 0 Å². The molecular weight excluding hydrogens is 276 g/mol. The summed E-state index contributed by atoms with van der Waals surface area (Å²) >= 11 is 0. The Kier molecular flexibility index (Phi) is 2.65. The molecule has 1 unspecified atom stereocenters. The average molecular weight is 292 g/mol. The SMILES string of the molecule is C1=CC(c2ccc3ccccc3c2)c2cccc3cccc1c23. The highest BCUT2D eigenvalue weighted by molar-refractivity contribution is 5.96. The van der Waals surface area contributed by atoms with E-state index < -0.39 is 0 Å². The fraction of sp³-hybridized carbons (Fsp3) is 0.0435. The van der Waals surface area contributed by atoms with E-state index in [1.165, 1.54) is 38.2 Å². The van der Waals surface area contributed by atoms with Crippen LogP contribution in [0.15, 0.2) is 84.9 Å². The van der Waals surface area contributed by atoms with Gasteiger partial charge in [-0.3, -0.25) is 0 Å². The van der Waals surface area contributed by atoms with Crippen LogP contribution in [0.25, 0.3) is 27.6 Å². The lowest BCUT2D eigenvalue weighted by molar-refractivity contribution is 1.04. The van der Waals surface area contributed by atoms with Gasteiger partial charge >= 0.3 is 0 Å². The third-order valence-corrected chi connectivity index (χ3v) is 4.91. The Labute approximate surface area is 135 Å². The number of fused-ring (bicyclic) bond motifs is 1. The van der Waals surface area contributed by atoms with Gasteiger partial charge in [0.15, 0.2) is 0 Å². The minimum Gasteiger partial charge on any atom is -0.0720 e. The number of rotatable bonds is 1. The molecule has 108 valence electrons. The van der Waals surface area contributed by atoms with E-state index in [1.807, 2.05) is 0 Å². The first-order valence-electron chi connectivity index (χ1n) is 8.09. The molecule has 1 aliphatic carbocycles. The molecule has 0 spiro atoms. The highest BCUT2D eigenvalue weighted by atomic mass is 14.2. The van der Waals surface area contributed by atoms with Crippen molar-refractivity contribution in [1.82, 2.24) is 0 Å². The first-order valence-corrected chi connectivity index (χ1v) is 8.09. The van der Waals surface area contributed by atoms with Gasteiger partial charge in [0.1, 0.15) is 0 Å². The van der Waals surface area contributed by atoms with E-state index in [9.17, 15) is 0 Å². The van der Waals surface area contributed by atoms with Gasteiger partial charge in [-0.05, 0) is 38.2 Å². The molecule has 4 aromatic carbocycles. The van der Waals surface area contributed by atoms with Crippen LogP contribution in [-0.2, 0) is 0 Å². The molecule has 0 saturated carbocycles. The maximum absolute atomic E-state index is 2.33. The molecule has 0 heteroatoms. The molecule has 0 fully saturated rings. The van der Waals surface area contributed by atoms with E-state index in [4.69, 9.17) is 0 Å². The summed E-state index contributed by atoms with van der Waals surface area (Å²) in [6, 6.07) is 28.6. The normalized spacial score (nSPS) is 16.1. The summed E-state index contributed by atoms with van der Waals surface area (Å²) in [5, 5.41) is 5.34. The summed E-state index contributed by atoms with van der Waals surface area (Å²) in [5.41, 5.74) is 4.10. The Balaban J connectivity index is 1.75. The lowest BCUT2D eigenvalue weighted by Crippen LogP contribution is -2.03. The van der Waals surface area contributed by atoms with Crippen LogP contribution in [0.5, 0.6) is 0 Å². The fourth-order valence-electron chi connectivity index (χ4n) is 3.79. The highest BCUT2D eigenvalue weighted by Gasteiger charge is 2.19. The van der Waals surface area contributed by atoms with Crippen molar-refractivity contribution >= 4 is 27.6 Å². The van der Waals surface area contributed by atoms with Gasteiger partial charge in [0.05, 0.1) is 0 Å². The Morgan fingerprint density at radius 2 is 1.39 bits per heavy atom. The van der Waals surface area contributed by atoms with Crippen molar-refractivity contribution in [1.29, 1.82) is 0 Å². The quantitative estimate of drug-likeness (QED) is 0.394. The number of hydrogen-bond acceptors (Lipinski definition) is 0. The zero-order valence-electron chi connectivity index (χ0n) is 12.7. The third kappa shape index (κ3) is 1.92. The van der Waals surface area contributed by atoms with Crippen LogP contribution in [0.2, 0.25) is 0 Å². The second-order valence-corrected chi connectivity index (χ2v) is 6.24. The van der Waals surface area contributed by atoms with Crippen molar-refractivity contribution in [2.75, 3.05) is 0 Å². The minimum atomic E-state index is 0.332. The second kappa shape index (κ2) is 4.82. The zero-order valence-corrected chi connectivity index (χ0v) is 12.7. The lowest BCUT2D eigenvalue weighted by atomic mass is 9.82. The Morgan fingerprint density at radius 3 is 2.30 bits per heavy atom. The van der Waals surface area contributed by atoms with Gasteiger partial charge < -0.3 is 0 Å². The maximum atomic E-state index is 2.33. The molecular formula is C23H16. The molecule has 0 nitrogen and oxygen atoms in total. The van der Waals surface area contributed by atoms with Crippen LogP contribution in [-0.4, -0.2) is 0 Å². The zero-order chi connectivity index (χ0) is 15.2. The largest absolute Gasteiger partial charge is 0.0720 e. The summed E-state index contributed by atoms with van der Waals surface area (Å²) in [6.07, 6.45) is 4.61.